The molecule has 0 saturated heterocycles. The Morgan fingerprint density at radius 3 is 1.19 bits per heavy atom. The second-order valence-corrected chi connectivity index (χ2v) is 20.8. The van der Waals surface area contributed by atoms with Crippen molar-refractivity contribution in [3.05, 3.63) is 211 Å². The molecule has 0 atom stereocenters. The van der Waals surface area contributed by atoms with Gasteiger partial charge in [-0.25, -0.2) is 0 Å². The highest BCUT2D eigenvalue weighted by atomic mass is 16.3. The van der Waals surface area contributed by atoms with Crippen molar-refractivity contribution in [2.45, 2.75) is 52.4 Å². The lowest BCUT2D eigenvalue weighted by Gasteiger charge is -2.21. The van der Waals surface area contributed by atoms with E-state index in [1.807, 2.05) is 0 Å². The number of furan rings is 1. The number of benzene rings is 11. The molecule has 11 aromatic carbocycles. The van der Waals surface area contributed by atoms with Crippen LogP contribution in [0.3, 0.4) is 0 Å². The Labute approximate surface area is 396 Å². The smallest absolute Gasteiger partial charge is 0.136 e. The molecule has 0 aliphatic heterocycles. The predicted octanol–water partition coefficient (Wildman–Crippen LogP) is 18.9. The maximum Gasteiger partial charge on any atom is 0.136 e. The van der Waals surface area contributed by atoms with Crippen LogP contribution >= 0.6 is 0 Å². The number of fused-ring (bicyclic) bond motifs is 10. The van der Waals surface area contributed by atoms with E-state index in [1.54, 1.807) is 0 Å². The van der Waals surface area contributed by atoms with Crippen molar-refractivity contribution >= 4 is 86.8 Å². The van der Waals surface area contributed by atoms with Crippen LogP contribution in [0, 0.1) is 0 Å². The zero-order valence-corrected chi connectivity index (χ0v) is 39.4. The molecule has 0 aliphatic carbocycles. The molecule has 0 aliphatic rings. The van der Waals surface area contributed by atoms with Gasteiger partial charge in [0.25, 0.3) is 0 Å². The molecule has 0 radical (unpaired) electrons. The van der Waals surface area contributed by atoms with Crippen LogP contribution in [0.1, 0.15) is 52.7 Å². The number of nitrogens with zero attached hydrogens (tertiary/aromatic N) is 1. The third-order valence-electron chi connectivity index (χ3n) is 14.7. The highest BCUT2D eigenvalue weighted by Gasteiger charge is 2.25. The first-order chi connectivity index (χ1) is 33.0. The third-order valence-corrected chi connectivity index (χ3v) is 14.7. The molecule has 326 valence electrons. The summed E-state index contributed by atoms with van der Waals surface area (Å²) in [6.45, 7) is 13.9. The van der Waals surface area contributed by atoms with E-state index < -0.39 is 0 Å². The van der Waals surface area contributed by atoms with Crippen LogP contribution in [0.2, 0.25) is 0 Å². The van der Waals surface area contributed by atoms with Crippen molar-refractivity contribution < 1.29 is 4.42 Å². The highest BCUT2D eigenvalue weighted by Crippen LogP contribution is 2.48. The SMILES string of the molecule is CC(C)(C)c1ccc2c(c1)c1cc(C(C)(C)C)ccc1n2-c1c2ccccc2c(-c2ccc3oc4cc(-c5c6ccccc6c(-c6ccccc6)c6ccccc56)ccc4c3c2)c2ccccc12. The normalized spacial score (nSPS) is 12.6. The van der Waals surface area contributed by atoms with E-state index in [9.17, 15) is 0 Å². The molecule has 0 amide bonds. The molecular formula is C66H51NO. The first-order valence-electron chi connectivity index (χ1n) is 24.0. The Kier molecular flexibility index (Phi) is 8.77. The average Bonchev–Trinajstić information content (AvgIpc) is 3.88. The summed E-state index contributed by atoms with van der Waals surface area (Å²) < 4.78 is 9.35. The zero-order chi connectivity index (χ0) is 46.1. The van der Waals surface area contributed by atoms with Crippen LogP contribution in [-0.2, 0) is 10.8 Å². The zero-order valence-electron chi connectivity index (χ0n) is 39.4. The van der Waals surface area contributed by atoms with E-state index in [0.29, 0.717) is 0 Å². The van der Waals surface area contributed by atoms with Gasteiger partial charge in [0.1, 0.15) is 11.2 Å². The second kappa shape index (κ2) is 14.8. The molecule has 0 unspecified atom stereocenters. The molecule has 0 bridgehead atoms. The van der Waals surface area contributed by atoms with Crippen molar-refractivity contribution in [3.63, 3.8) is 0 Å². The van der Waals surface area contributed by atoms with Gasteiger partial charge in [0.15, 0.2) is 0 Å². The largest absolute Gasteiger partial charge is 0.456 e. The maximum absolute atomic E-state index is 6.80. The topological polar surface area (TPSA) is 18.1 Å². The fourth-order valence-corrected chi connectivity index (χ4v) is 11.3. The molecule has 2 nitrogen and oxygen atoms in total. The van der Waals surface area contributed by atoms with Gasteiger partial charge in [0, 0.05) is 32.3 Å². The van der Waals surface area contributed by atoms with Crippen LogP contribution in [-0.4, -0.2) is 4.57 Å². The van der Waals surface area contributed by atoms with Gasteiger partial charge in [-0.1, -0.05) is 193 Å². The maximum atomic E-state index is 6.80. The molecular weight excluding hydrogens is 823 g/mol. The minimum Gasteiger partial charge on any atom is -0.456 e. The summed E-state index contributed by atoms with van der Waals surface area (Å²) in [7, 11) is 0. The molecule has 0 spiro atoms. The fraction of sp³-hybridized carbons (Fsp3) is 0.121. The minimum atomic E-state index is 0.0217. The number of hydrogen-bond donors (Lipinski definition) is 0. The minimum absolute atomic E-state index is 0.0217. The first-order valence-corrected chi connectivity index (χ1v) is 24.0. The molecule has 2 heterocycles. The van der Waals surface area contributed by atoms with Crippen molar-refractivity contribution in [2.24, 2.45) is 0 Å². The molecule has 0 fully saturated rings. The van der Waals surface area contributed by atoms with E-state index in [2.05, 4.69) is 246 Å². The van der Waals surface area contributed by atoms with Crippen LogP contribution in [0.15, 0.2) is 205 Å². The summed E-state index contributed by atoms with van der Waals surface area (Å²) in [5.74, 6) is 0. The molecule has 0 N–H and O–H groups in total. The van der Waals surface area contributed by atoms with E-state index >= 15 is 0 Å². The standard InChI is InChI=1S/C66H51NO/c1-65(2,3)43-30-33-57-54(38-43)55-39-44(66(4,5)6)31-34-58(55)67(57)64-52-26-16-14-24-50(52)62(51-25-15-17-27-53(51)64)41-29-35-59-56(36-41)45-32-28-42(37-60(45)68-59)63-48-22-12-10-20-46(48)61(40-18-8-7-9-19-40)47-21-11-13-23-49(47)63/h7-39H,1-6H3. The second-order valence-electron chi connectivity index (χ2n) is 20.8. The van der Waals surface area contributed by atoms with Gasteiger partial charge in [0.2, 0.25) is 0 Å². The number of hydrogen-bond acceptors (Lipinski definition) is 1. The van der Waals surface area contributed by atoms with Gasteiger partial charge in [-0.2, -0.15) is 0 Å². The molecule has 68 heavy (non-hydrogen) atoms. The van der Waals surface area contributed by atoms with Crippen molar-refractivity contribution in [2.75, 3.05) is 0 Å². The Morgan fingerprint density at radius 2 is 0.706 bits per heavy atom. The van der Waals surface area contributed by atoms with Gasteiger partial charge >= 0.3 is 0 Å². The van der Waals surface area contributed by atoms with E-state index in [0.717, 1.165) is 27.5 Å². The molecule has 13 rings (SSSR count). The summed E-state index contributed by atoms with van der Waals surface area (Å²) in [6, 6.07) is 74.4. The Bertz CT molecular complexity index is 4020. The average molecular weight is 874 g/mol. The van der Waals surface area contributed by atoms with Crippen LogP contribution in [0.4, 0.5) is 0 Å². The highest BCUT2D eigenvalue weighted by molar-refractivity contribution is 6.24. The lowest BCUT2D eigenvalue weighted by molar-refractivity contribution is 0.590. The lowest BCUT2D eigenvalue weighted by Crippen LogP contribution is -2.10. The summed E-state index contributed by atoms with van der Waals surface area (Å²) in [5, 5.41) is 14.7. The monoisotopic (exact) mass is 873 g/mol. The lowest BCUT2D eigenvalue weighted by atomic mass is 9.85. The summed E-state index contributed by atoms with van der Waals surface area (Å²) in [5.41, 5.74) is 15.4. The number of aromatic nitrogens is 1. The quantitative estimate of drug-likeness (QED) is 0.161. The van der Waals surface area contributed by atoms with Crippen LogP contribution in [0.25, 0.3) is 126 Å². The van der Waals surface area contributed by atoms with E-state index in [4.69, 9.17) is 4.42 Å². The predicted molar refractivity (Wildman–Crippen MR) is 292 cm³/mol. The molecule has 2 aromatic heterocycles. The third kappa shape index (κ3) is 6.10. The fourth-order valence-electron chi connectivity index (χ4n) is 11.3. The van der Waals surface area contributed by atoms with Gasteiger partial charge < -0.3 is 8.98 Å². The van der Waals surface area contributed by atoms with Crippen LogP contribution < -0.4 is 0 Å². The van der Waals surface area contributed by atoms with Crippen LogP contribution in [0.5, 0.6) is 0 Å². The molecule has 13 aromatic rings. The Hall–Kier alpha value is -7.94. The molecule has 0 saturated carbocycles. The van der Waals surface area contributed by atoms with Gasteiger partial charge in [-0.05, 0) is 136 Å². The van der Waals surface area contributed by atoms with Crippen molar-refractivity contribution in [3.8, 4) is 39.1 Å². The van der Waals surface area contributed by atoms with E-state index in [-0.39, 0.29) is 10.8 Å². The van der Waals surface area contributed by atoms with Crippen molar-refractivity contribution in [1.82, 2.24) is 4.57 Å². The number of rotatable bonds is 4. The molecule has 2 heteroatoms. The van der Waals surface area contributed by atoms with Crippen molar-refractivity contribution in [1.29, 1.82) is 0 Å². The summed E-state index contributed by atoms with van der Waals surface area (Å²) in [4.78, 5) is 0. The first kappa shape index (κ1) is 40.3. The summed E-state index contributed by atoms with van der Waals surface area (Å²) in [6.07, 6.45) is 0. The Morgan fingerprint density at radius 1 is 0.294 bits per heavy atom. The van der Waals surface area contributed by atoms with Gasteiger partial charge in [-0.3, -0.25) is 0 Å². The van der Waals surface area contributed by atoms with Gasteiger partial charge in [-0.15, -0.1) is 0 Å². The summed E-state index contributed by atoms with van der Waals surface area (Å²) >= 11 is 0. The Balaban J connectivity index is 1.02. The van der Waals surface area contributed by atoms with E-state index in [1.165, 1.54) is 110 Å². The van der Waals surface area contributed by atoms with Gasteiger partial charge in [0.05, 0.1) is 16.7 Å².